The summed E-state index contributed by atoms with van der Waals surface area (Å²) < 4.78 is 1.95. The van der Waals surface area contributed by atoms with E-state index < -0.39 is 0 Å². The Bertz CT molecular complexity index is 1210. The zero-order valence-corrected chi connectivity index (χ0v) is 17.6. The van der Waals surface area contributed by atoms with Crippen LogP contribution in [0.1, 0.15) is 17.5 Å². The predicted octanol–water partition coefficient (Wildman–Crippen LogP) is 4.18. The molecular weight excluding hydrogens is 394 g/mol. The van der Waals surface area contributed by atoms with Gasteiger partial charge in [-0.05, 0) is 30.9 Å². The van der Waals surface area contributed by atoms with Crippen LogP contribution in [0.15, 0.2) is 71.1 Å². The van der Waals surface area contributed by atoms with Crippen molar-refractivity contribution in [3.63, 3.8) is 0 Å². The maximum absolute atomic E-state index is 12.8. The Labute approximate surface area is 179 Å². The molecule has 152 valence electrons. The number of carbonyl (C=O) groups is 1. The van der Waals surface area contributed by atoms with Crippen LogP contribution in [0.2, 0.25) is 0 Å². The molecule has 5 nitrogen and oxygen atoms in total. The molecule has 0 saturated heterocycles. The number of amides is 1. The molecule has 0 unspecified atom stereocenters. The van der Waals surface area contributed by atoms with Gasteiger partial charge >= 0.3 is 0 Å². The number of nitrogens with zero attached hydrogens (tertiary/aromatic N) is 2. The first-order chi connectivity index (χ1) is 14.6. The molecule has 0 saturated carbocycles. The van der Waals surface area contributed by atoms with Crippen molar-refractivity contribution >= 4 is 27.5 Å². The molecule has 4 aromatic rings. The zero-order chi connectivity index (χ0) is 20.9. The number of rotatable bonds is 7. The molecule has 1 amide bonds. The normalized spacial score (nSPS) is 11.0. The molecule has 30 heavy (non-hydrogen) atoms. The second-order valence-electron chi connectivity index (χ2n) is 7.31. The van der Waals surface area contributed by atoms with Crippen LogP contribution < -0.4 is 10.9 Å². The summed E-state index contributed by atoms with van der Waals surface area (Å²) in [5.41, 5.74) is 4.93. The van der Waals surface area contributed by atoms with Crippen LogP contribution in [-0.4, -0.2) is 22.0 Å². The third-order valence-electron chi connectivity index (χ3n) is 5.03. The van der Waals surface area contributed by atoms with Gasteiger partial charge in [-0.15, -0.1) is 11.3 Å². The van der Waals surface area contributed by atoms with Crippen molar-refractivity contribution in [3.05, 3.63) is 87.8 Å². The van der Waals surface area contributed by atoms with Crippen LogP contribution in [0, 0.1) is 6.92 Å². The van der Waals surface area contributed by atoms with Gasteiger partial charge in [0.05, 0.1) is 11.8 Å². The summed E-state index contributed by atoms with van der Waals surface area (Å²) in [6.07, 6.45) is 3.23. The van der Waals surface area contributed by atoms with Gasteiger partial charge in [0, 0.05) is 17.5 Å². The first-order valence-corrected chi connectivity index (χ1v) is 10.8. The van der Waals surface area contributed by atoms with Crippen LogP contribution in [0.4, 0.5) is 0 Å². The highest BCUT2D eigenvalue weighted by atomic mass is 32.1. The number of thiophene rings is 1. The van der Waals surface area contributed by atoms with Gasteiger partial charge in [-0.1, -0.05) is 60.2 Å². The largest absolute Gasteiger partial charge is 0.355 e. The van der Waals surface area contributed by atoms with Crippen molar-refractivity contribution in [2.45, 2.75) is 26.3 Å². The smallest absolute Gasteiger partial charge is 0.271 e. The van der Waals surface area contributed by atoms with Crippen molar-refractivity contribution in [1.82, 2.24) is 14.9 Å². The van der Waals surface area contributed by atoms with E-state index in [0.29, 0.717) is 16.8 Å². The Morgan fingerprint density at radius 3 is 2.63 bits per heavy atom. The molecule has 0 aliphatic carbocycles. The monoisotopic (exact) mass is 417 g/mol. The quantitative estimate of drug-likeness (QED) is 0.459. The molecule has 6 heteroatoms. The summed E-state index contributed by atoms with van der Waals surface area (Å²) in [6, 6.07) is 18.3. The maximum atomic E-state index is 12.8. The number of hydrogen-bond acceptors (Lipinski definition) is 4. The molecule has 0 aliphatic rings. The maximum Gasteiger partial charge on any atom is 0.271 e. The van der Waals surface area contributed by atoms with E-state index in [1.807, 2.05) is 54.8 Å². The van der Waals surface area contributed by atoms with Gasteiger partial charge in [-0.3, -0.25) is 14.2 Å². The van der Waals surface area contributed by atoms with Gasteiger partial charge in [0.15, 0.2) is 0 Å². The molecule has 2 heterocycles. The van der Waals surface area contributed by atoms with Crippen molar-refractivity contribution in [2.75, 3.05) is 6.54 Å². The highest BCUT2D eigenvalue weighted by Crippen LogP contribution is 2.30. The minimum Gasteiger partial charge on any atom is -0.355 e. The Hall–Kier alpha value is -3.25. The van der Waals surface area contributed by atoms with Crippen LogP contribution >= 0.6 is 11.3 Å². The number of benzene rings is 2. The predicted molar refractivity (Wildman–Crippen MR) is 122 cm³/mol. The fourth-order valence-electron chi connectivity index (χ4n) is 3.37. The Balaban J connectivity index is 1.41. The molecule has 2 aromatic heterocycles. The summed E-state index contributed by atoms with van der Waals surface area (Å²) in [5.74, 6) is -0.179. The lowest BCUT2D eigenvalue weighted by atomic mass is 10.1. The highest BCUT2D eigenvalue weighted by Gasteiger charge is 2.14. The molecule has 4 rings (SSSR count). The standard InChI is InChI=1S/C24H23N3O2S/c1-17-9-11-19(12-10-17)20-15-30-23-22(20)26-16-27(24(23)29)14-21(28)25-13-5-8-18-6-3-2-4-7-18/h2-4,6-7,9-12,15-16H,5,8,13-14H2,1H3,(H,25,28). The summed E-state index contributed by atoms with van der Waals surface area (Å²) in [5, 5.41) is 4.85. The van der Waals surface area contributed by atoms with Gasteiger partial charge in [0.25, 0.3) is 5.56 Å². The van der Waals surface area contributed by atoms with Gasteiger partial charge in [-0.2, -0.15) is 0 Å². The molecule has 0 radical (unpaired) electrons. The average molecular weight is 418 g/mol. The Kier molecular flexibility index (Phi) is 6.05. The van der Waals surface area contributed by atoms with Crippen molar-refractivity contribution < 1.29 is 4.79 Å². The SMILES string of the molecule is Cc1ccc(-c2csc3c(=O)n(CC(=O)NCCCc4ccccc4)cnc23)cc1. The van der Waals surface area contributed by atoms with Gasteiger partial charge in [0.1, 0.15) is 11.2 Å². The number of hydrogen-bond donors (Lipinski definition) is 1. The third kappa shape index (κ3) is 4.49. The summed E-state index contributed by atoms with van der Waals surface area (Å²) in [6.45, 7) is 2.60. The topological polar surface area (TPSA) is 64.0 Å². The van der Waals surface area contributed by atoms with E-state index in [-0.39, 0.29) is 18.0 Å². The fraction of sp³-hybridized carbons (Fsp3) is 0.208. The first-order valence-electron chi connectivity index (χ1n) is 9.96. The van der Waals surface area contributed by atoms with Crippen LogP contribution in [0.25, 0.3) is 21.3 Å². The van der Waals surface area contributed by atoms with Gasteiger partial charge < -0.3 is 5.32 Å². The summed E-state index contributed by atoms with van der Waals surface area (Å²) in [7, 11) is 0. The minimum atomic E-state index is -0.179. The van der Waals surface area contributed by atoms with Gasteiger partial charge in [0.2, 0.25) is 5.91 Å². The molecule has 2 aromatic carbocycles. The van der Waals surface area contributed by atoms with E-state index in [9.17, 15) is 9.59 Å². The fourth-order valence-corrected chi connectivity index (χ4v) is 4.34. The zero-order valence-electron chi connectivity index (χ0n) is 16.8. The molecule has 0 spiro atoms. The molecular formula is C24H23N3O2S. The second-order valence-corrected chi connectivity index (χ2v) is 8.19. The Morgan fingerprint density at radius 1 is 1.10 bits per heavy atom. The van der Waals surface area contributed by atoms with Gasteiger partial charge in [-0.25, -0.2) is 4.98 Å². The van der Waals surface area contributed by atoms with E-state index in [2.05, 4.69) is 22.4 Å². The molecule has 0 atom stereocenters. The van der Waals surface area contributed by atoms with E-state index in [1.54, 1.807) is 0 Å². The number of aromatic nitrogens is 2. The number of carbonyl (C=O) groups excluding carboxylic acids is 1. The molecule has 0 aliphatic heterocycles. The lowest BCUT2D eigenvalue weighted by Crippen LogP contribution is -2.32. The van der Waals surface area contributed by atoms with E-state index in [1.165, 1.54) is 33.4 Å². The van der Waals surface area contributed by atoms with Crippen molar-refractivity contribution in [1.29, 1.82) is 0 Å². The van der Waals surface area contributed by atoms with Crippen LogP contribution in [0.3, 0.4) is 0 Å². The lowest BCUT2D eigenvalue weighted by molar-refractivity contribution is -0.121. The Morgan fingerprint density at radius 2 is 1.87 bits per heavy atom. The third-order valence-corrected chi connectivity index (χ3v) is 5.99. The van der Waals surface area contributed by atoms with Crippen molar-refractivity contribution in [3.8, 4) is 11.1 Å². The van der Waals surface area contributed by atoms with E-state index in [0.717, 1.165) is 24.0 Å². The van der Waals surface area contributed by atoms with Crippen molar-refractivity contribution in [2.24, 2.45) is 0 Å². The first kappa shape index (κ1) is 20.0. The number of aryl methyl sites for hydroxylation is 2. The summed E-state index contributed by atoms with van der Waals surface area (Å²) >= 11 is 1.37. The minimum absolute atomic E-state index is 0.0229. The highest BCUT2D eigenvalue weighted by molar-refractivity contribution is 7.17. The summed E-state index contributed by atoms with van der Waals surface area (Å²) in [4.78, 5) is 29.6. The van der Waals surface area contributed by atoms with Crippen LogP contribution in [-0.2, 0) is 17.8 Å². The number of fused-ring (bicyclic) bond motifs is 1. The second kappa shape index (κ2) is 9.05. The lowest BCUT2D eigenvalue weighted by Gasteiger charge is -2.08. The van der Waals surface area contributed by atoms with Crippen LogP contribution in [0.5, 0.6) is 0 Å². The molecule has 0 fully saturated rings. The molecule has 1 N–H and O–H groups in total. The molecule has 0 bridgehead atoms. The van der Waals surface area contributed by atoms with E-state index >= 15 is 0 Å². The average Bonchev–Trinajstić information content (AvgIpc) is 3.19. The number of nitrogens with one attached hydrogen (secondary N) is 1. The van der Waals surface area contributed by atoms with E-state index in [4.69, 9.17) is 0 Å².